The van der Waals surface area contributed by atoms with Crippen molar-refractivity contribution in [3.8, 4) is 11.5 Å². The number of halogens is 1. The maximum Gasteiger partial charge on any atom is 0.240 e. The lowest BCUT2D eigenvalue weighted by molar-refractivity contribution is -0.131. The highest BCUT2D eigenvalue weighted by molar-refractivity contribution is 6.16. The minimum Gasteiger partial charge on any atom is -0.457 e. The van der Waals surface area contributed by atoms with Crippen LogP contribution in [0.15, 0.2) is 79.0 Å². The molecule has 2 amide bonds. The number of hydrogen-bond donors (Lipinski definition) is 2. The van der Waals surface area contributed by atoms with Crippen molar-refractivity contribution in [2.45, 2.75) is 19.8 Å². The smallest absolute Gasteiger partial charge is 0.240 e. The van der Waals surface area contributed by atoms with Gasteiger partial charge in [-0.1, -0.05) is 6.07 Å². The Hall–Kier alpha value is -4.26. The second-order valence-corrected chi connectivity index (χ2v) is 8.45. The Morgan fingerprint density at radius 1 is 0.882 bits per heavy atom. The number of carbonyl (C=O) groups is 2. The highest BCUT2D eigenvalue weighted by Gasteiger charge is 2.56. The third-order valence-electron chi connectivity index (χ3n) is 5.92. The van der Waals surface area contributed by atoms with Crippen LogP contribution < -0.4 is 15.4 Å². The van der Waals surface area contributed by atoms with E-state index < -0.39 is 17.1 Å². The SMILES string of the molecule is Cc1ccc2c(Oc3ccc(NC(=O)C4(C(=O)Nc5ccc(F)cc5)CC4)cc3)ccnc2c1. The van der Waals surface area contributed by atoms with Crippen molar-refractivity contribution in [1.82, 2.24) is 4.98 Å². The maximum atomic E-state index is 13.1. The van der Waals surface area contributed by atoms with Gasteiger partial charge in [0.05, 0.1) is 5.52 Å². The molecule has 5 rings (SSSR count). The molecule has 0 unspecified atom stereocenters. The Morgan fingerprint density at radius 3 is 2.12 bits per heavy atom. The Balaban J connectivity index is 1.25. The predicted octanol–water partition coefficient (Wildman–Crippen LogP) is 5.83. The summed E-state index contributed by atoms with van der Waals surface area (Å²) in [6.07, 6.45) is 2.63. The Bertz CT molecular complexity index is 1380. The molecule has 0 aliphatic heterocycles. The number of hydrogen-bond acceptors (Lipinski definition) is 4. The van der Waals surface area contributed by atoms with Crippen molar-refractivity contribution < 1.29 is 18.7 Å². The number of ether oxygens (including phenoxy) is 1. The van der Waals surface area contributed by atoms with Gasteiger partial charge in [0.1, 0.15) is 22.7 Å². The molecule has 1 heterocycles. The van der Waals surface area contributed by atoms with Gasteiger partial charge in [0.25, 0.3) is 0 Å². The van der Waals surface area contributed by atoms with Crippen LogP contribution in [0.3, 0.4) is 0 Å². The number of aryl methyl sites for hydroxylation is 1. The Morgan fingerprint density at radius 2 is 1.50 bits per heavy atom. The summed E-state index contributed by atoms with van der Waals surface area (Å²) >= 11 is 0. The van der Waals surface area contributed by atoms with E-state index in [4.69, 9.17) is 4.74 Å². The number of amides is 2. The van der Waals surface area contributed by atoms with Crippen LogP contribution in [0.2, 0.25) is 0 Å². The molecule has 0 atom stereocenters. The molecular formula is C27H22FN3O3. The standard InChI is InChI=1S/C27H22FN3O3/c1-17-2-11-22-23(16-17)29-15-12-24(22)34-21-9-7-20(8-10-21)31-26(33)27(13-14-27)25(32)30-19-5-3-18(28)4-6-19/h2-12,15-16H,13-14H2,1H3,(H,30,32)(H,31,33). The van der Waals surface area contributed by atoms with Crippen LogP contribution in [-0.2, 0) is 9.59 Å². The van der Waals surface area contributed by atoms with Crippen molar-refractivity contribution in [2.75, 3.05) is 10.6 Å². The first kappa shape index (κ1) is 21.6. The quantitative estimate of drug-likeness (QED) is 0.359. The molecule has 3 aromatic carbocycles. The summed E-state index contributed by atoms with van der Waals surface area (Å²) in [4.78, 5) is 30.0. The fourth-order valence-corrected chi connectivity index (χ4v) is 3.77. The number of rotatable bonds is 6. The second kappa shape index (κ2) is 8.59. The van der Waals surface area contributed by atoms with Gasteiger partial charge in [0.2, 0.25) is 11.8 Å². The summed E-state index contributed by atoms with van der Waals surface area (Å²) in [6, 6.07) is 20.2. The van der Waals surface area contributed by atoms with Crippen LogP contribution in [0.5, 0.6) is 11.5 Å². The summed E-state index contributed by atoms with van der Waals surface area (Å²) in [7, 11) is 0. The minimum absolute atomic E-state index is 0.365. The third kappa shape index (κ3) is 4.32. The normalized spacial score (nSPS) is 13.8. The molecule has 0 radical (unpaired) electrons. The molecule has 2 N–H and O–H groups in total. The third-order valence-corrected chi connectivity index (χ3v) is 5.92. The number of pyridine rings is 1. The number of nitrogens with zero attached hydrogens (tertiary/aromatic N) is 1. The van der Waals surface area contributed by atoms with Gasteiger partial charge in [-0.25, -0.2) is 4.39 Å². The van der Waals surface area contributed by atoms with Crippen molar-refractivity contribution >= 4 is 34.1 Å². The van der Waals surface area contributed by atoms with Crippen LogP contribution in [0.4, 0.5) is 15.8 Å². The Kier molecular flexibility index (Phi) is 5.45. The zero-order valence-electron chi connectivity index (χ0n) is 18.5. The fourth-order valence-electron chi connectivity index (χ4n) is 3.77. The largest absolute Gasteiger partial charge is 0.457 e. The van der Waals surface area contributed by atoms with E-state index in [1.807, 2.05) is 31.2 Å². The first-order valence-electron chi connectivity index (χ1n) is 10.9. The van der Waals surface area contributed by atoms with Crippen molar-refractivity contribution in [3.63, 3.8) is 0 Å². The number of benzene rings is 3. The molecule has 170 valence electrons. The highest BCUT2D eigenvalue weighted by Crippen LogP contribution is 2.47. The molecular weight excluding hydrogens is 433 g/mol. The van der Waals surface area contributed by atoms with Gasteiger partial charge < -0.3 is 15.4 Å². The van der Waals surface area contributed by atoms with E-state index in [2.05, 4.69) is 15.6 Å². The first-order valence-corrected chi connectivity index (χ1v) is 10.9. The van der Waals surface area contributed by atoms with E-state index in [0.717, 1.165) is 16.5 Å². The van der Waals surface area contributed by atoms with Crippen molar-refractivity contribution in [3.05, 3.63) is 90.4 Å². The molecule has 1 aliphatic carbocycles. The van der Waals surface area contributed by atoms with E-state index in [1.165, 1.54) is 24.3 Å². The van der Waals surface area contributed by atoms with Crippen molar-refractivity contribution in [2.24, 2.45) is 5.41 Å². The average Bonchev–Trinajstić information content (AvgIpc) is 3.64. The number of aromatic nitrogens is 1. The number of carbonyl (C=O) groups excluding carboxylic acids is 2. The molecule has 34 heavy (non-hydrogen) atoms. The average molecular weight is 455 g/mol. The van der Waals surface area contributed by atoms with Gasteiger partial charge in [-0.05, 0) is 92.1 Å². The minimum atomic E-state index is -1.11. The zero-order chi connectivity index (χ0) is 23.7. The van der Waals surface area contributed by atoms with E-state index in [0.29, 0.717) is 35.7 Å². The first-order chi connectivity index (χ1) is 16.4. The van der Waals surface area contributed by atoms with Gasteiger partial charge in [-0.2, -0.15) is 0 Å². The van der Waals surface area contributed by atoms with Gasteiger partial charge in [-0.3, -0.25) is 14.6 Å². The van der Waals surface area contributed by atoms with E-state index in [9.17, 15) is 14.0 Å². The molecule has 0 bridgehead atoms. The second-order valence-electron chi connectivity index (χ2n) is 8.45. The lowest BCUT2D eigenvalue weighted by Crippen LogP contribution is -2.35. The topological polar surface area (TPSA) is 80.3 Å². The molecule has 1 aliphatic rings. The molecule has 1 aromatic heterocycles. The van der Waals surface area contributed by atoms with E-state index >= 15 is 0 Å². The monoisotopic (exact) mass is 455 g/mol. The number of fused-ring (bicyclic) bond motifs is 1. The predicted molar refractivity (Wildman–Crippen MR) is 128 cm³/mol. The van der Waals surface area contributed by atoms with Crippen LogP contribution in [0, 0.1) is 18.2 Å². The summed E-state index contributed by atoms with van der Waals surface area (Å²) in [5, 5.41) is 6.43. The van der Waals surface area contributed by atoms with Gasteiger partial charge in [0, 0.05) is 23.0 Å². The Labute approximate surface area is 195 Å². The van der Waals surface area contributed by atoms with Crippen LogP contribution in [0.1, 0.15) is 18.4 Å². The van der Waals surface area contributed by atoms with Gasteiger partial charge >= 0.3 is 0 Å². The lowest BCUT2D eigenvalue weighted by atomic mass is 10.0. The number of nitrogens with one attached hydrogen (secondary N) is 2. The summed E-state index contributed by atoms with van der Waals surface area (Å²) in [6.45, 7) is 2.01. The maximum absolute atomic E-state index is 13.1. The van der Waals surface area contributed by atoms with Crippen LogP contribution in [-0.4, -0.2) is 16.8 Å². The molecule has 1 saturated carbocycles. The number of anilines is 2. The van der Waals surface area contributed by atoms with E-state index in [1.54, 1.807) is 30.5 Å². The summed E-state index contributed by atoms with van der Waals surface area (Å²) < 4.78 is 19.1. The highest BCUT2D eigenvalue weighted by atomic mass is 19.1. The molecule has 0 spiro atoms. The van der Waals surface area contributed by atoms with Crippen LogP contribution >= 0.6 is 0 Å². The summed E-state index contributed by atoms with van der Waals surface area (Å²) in [5.74, 6) is 0.154. The molecule has 6 nitrogen and oxygen atoms in total. The van der Waals surface area contributed by atoms with Gasteiger partial charge in [0.15, 0.2) is 0 Å². The fraction of sp³-hybridized carbons (Fsp3) is 0.148. The molecule has 7 heteroatoms. The van der Waals surface area contributed by atoms with Crippen molar-refractivity contribution in [1.29, 1.82) is 0 Å². The molecule has 1 fully saturated rings. The van der Waals surface area contributed by atoms with E-state index in [-0.39, 0.29) is 5.91 Å². The zero-order valence-corrected chi connectivity index (χ0v) is 18.5. The molecule has 0 saturated heterocycles. The van der Waals surface area contributed by atoms with Crippen LogP contribution in [0.25, 0.3) is 10.9 Å². The molecule has 4 aromatic rings. The summed E-state index contributed by atoms with van der Waals surface area (Å²) in [5.41, 5.74) is 1.88. The lowest BCUT2D eigenvalue weighted by Gasteiger charge is -2.16. The van der Waals surface area contributed by atoms with Gasteiger partial charge in [-0.15, -0.1) is 0 Å².